The van der Waals surface area contributed by atoms with Crippen LogP contribution in [-0.4, -0.2) is 20.6 Å². The van der Waals surface area contributed by atoms with Crippen LogP contribution in [-0.2, 0) is 11.1 Å². The van der Waals surface area contributed by atoms with Gasteiger partial charge in [-0.15, -0.1) is 0 Å². The topological polar surface area (TPSA) is 69.9 Å². The van der Waals surface area contributed by atoms with E-state index in [9.17, 15) is 9.32 Å². The second-order valence-electron chi connectivity index (χ2n) is 2.75. The third-order valence-electron chi connectivity index (χ3n) is 1.84. The van der Waals surface area contributed by atoms with Crippen molar-refractivity contribution in [1.29, 1.82) is 0 Å². The number of aliphatic imine (C=N–C) groups is 1. The standard InChI is InChI=1S/C10H11NO3S/c1-3-4-7-9(15(13)14)6-5-8(12)10(7)11-2/h3-6,12H,2H2,1H3,(H,13,14). The van der Waals surface area contributed by atoms with Gasteiger partial charge in [-0.1, -0.05) is 12.2 Å². The molecule has 1 unspecified atom stereocenters. The summed E-state index contributed by atoms with van der Waals surface area (Å²) in [5, 5.41) is 9.48. The van der Waals surface area contributed by atoms with Gasteiger partial charge in [0.2, 0.25) is 0 Å². The monoisotopic (exact) mass is 225 g/mol. The highest BCUT2D eigenvalue weighted by Crippen LogP contribution is 2.34. The van der Waals surface area contributed by atoms with Crippen LogP contribution in [0.2, 0.25) is 0 Å². The van der Waals surface area contributed by atoms with Gasteiger partial charge in [-0.3, -0.25) is 4.99 Å². The van der Waals surface area contributed by atoms with E-state index in [1.165, 1.54) is 12.1 Å². The lowest BCUT2D eigenvalue weighted by molar-refractivity contribution is 0.476. The van der Waals surface area contributed by atoms with Crippen molar-refractivity contribution in [3.63, 3.8) is 0 Å². The number of rotatable bonds is 3. The molecule has 1 atom stereocenters. The molecule has 0 amide bonds. The average molecular weight is 225 g/mol. The molecule has 0 fully saturated rings. The fraction of sp³-hybridized carbons (Fsp3) is 0.100. The van der Waals surface area contributed by atoms with Gasteiger partial charge < -0.3 is 9.66 Å². The largest absolute Gasteiger partial charge is 0.506 e. The predicted octanol–water partition coefficient (Wildman–Crippen LogP) is 2.34. The Morgan fingerprint density at radius 1 is 1.53 bits per heavy atom. The molecule has 80 valence electrons. The zero-order valence-corrected chi connectivity index (χ0v) is 8.99. The summed E-state index contributed by atoms with van der Waals surface area (Å²) in [5.74, 6) is -0.0627. The van der Waals surface area contributed by atoms with Crippen LogP contribution in [0.25, 0.3) is 6.08 Å². The van der Waals surface area contributed by atoms with E-state index in [2.05, 4.69) is 11.7 Å². The maximum Gasteiger partial charge on any atom is 0.187 e. The molecule has 0 aliphatic rings. The molecule has 0 radical (unpaired) electrons. The van der Waals surface area contributed by atoms with Crippen molar-refractivity contribution in [2.75, 3.05) is 0 Å². The Morgan fingerprint density at radius 3 is 2.67 bits per heavy atom. The average Bonchev–Trinajstić information content (AvgIpc) is 2.18. The quantitative estimate of drug-likeness (QED) is 0.612. The number of hydrogen-bond donors (Lipinski definition) is 2. The lowest BCUT2D eigenvalue weighted by Gasteiger charge is -2.07. The van der Waals surface area contributed by atoms with Crippen LogP contribution in [0.15, 0.2) is 28.1 Å². The van der Waals surface area contributed by atoms with Gasteiger partial charge in [0.15, 0.2) is 11.1 Å². The third kappa shape index (κ3) is 2.31. The summed E-state index contributed by atoms with van der Waals surface area (Å²) in [7, 11) is 0. The van der Waals surface area contributed by atoms with Crippen molar-refractivity contribution in [2.24, 2.45) is 4.99 Å². The number of benzene rings is 1. The van der Waals surface area contributed by atoms with Crippen LogP contribution in [0.3, 0.4) is 0 Å². The molecule has 0 saturated heterocycles. The minimum atomic E-state index is -2.11. The summed E-state index contributed by atoms with van der Waals surface area (Å²) < 4.78 is 20.0. The smallest absolute Gasteiger partial charge is 0.187 e. The van der Waals surface area contributed by atoms with Crippen LogP contribution in [0.1, 0.15) is 12.5 Å². The molecule has 2 N–H and O–H groups in total. The number of allylic oxidation sites excluding steroid dienone is 1. The number of hydrogen-bond acceptors (Lipinski definition) is 3. The van der Waals surface area contributed by atoms with Gasteiger partial charge in [0, 0.05) is 5.56 Å². The summed E-state index contributed by atoms with van der Waals surface area (Å²) in [6.07, 6.45) is 3.30. The van der Waals surface area contributed by atoms with E-state index in [0.29, 0.717) is 5.56 Å². The molecule has 1 aromatic carbocycles. The number of phenolic OH excluding ortho intramolecular Hbond substituents is 1. The van der Waals surface area contributed by atoms with Gasteiger partial charge >= 0.3 is 0 Å². The Morgan fingerprint density at radius 2 is 2.20 bits per heavy atom. The Hall–Kier alpha value is -1.46. The molecule has 0 aromatic heterocycles. The Balaban J connectivity index is 3.55. The second kappa shape index (κ2) is 4.86. The first-order valence-electron chi connectivity index (χ1n) is 4.18. The molecule has 1 aromatic rings. The fourth-order valence-corrected chi connectivity index (χ4v) is 1.76. The summed E-state index contributed by atoms with van der Waals surface area (Å²) in [4.78, 5) is 3.84. The molecule has 5 heteroatoms. The second-order valence-corrected chi connectivity index (χ2v) is 3.69. The van der Waals surface area contributed by atoms with E-state index < -0.39 is 11.1 Å². The van der Waals surface area contributed by atoms with Gasteiger partial charge in [-0.05, 0) is 25.8 Å². The van der Waals surface area contributed by atoms with Crippen LogP contribution < -0.4 is 0 Å². The summed E-state index contributed by atoms with van der Waals surface area (Å²) >= 11 is -2.11. The number of nitrogens with zero attached hydrogens (tertiary/aromatic N) is 1. The van der Waals surface area contributed by atoms with E-state index in [0.717, 1.165) is 0 Å². The highest BCUT2D eigenvalue weighted by atomic mass is 32.2. The van der Waals surface area contributed by atoms with Gasteiger partial charge in [0.1, 0.15) is 11.4 Å². The molecule has 1 rings (SSSR count). The van der Waals surface area contributed by atoms with Crippen molar-refractivity contribution in [3.05, 3.63) is 23.8 Å². The fourth-order valence-electron chi connectivity index (χ4n) is 1.22. The zero-order chi connectivity index (χ0) is 11.4. The van der Waals surface area contributed by atoms with Gasteiger partial charge in [-0.2, -0.15) is 0 Å². The van der Waals surface area contributed by atoms with E-state index in [4.69, 9.17) is 4.55 Å². The van der Waals surface area contributed by atoms with E-state index in [-0.39, 0.29) is 16.3 Å². The highest BCUT2D eigenvalue weighted by Gasteiger charge is 2.13. The van der Waals surface area contributed by atoms with Crippen molar-refractivity contribution in [1.82, 2.24) is 0 Å². The molecule has 0 heterocycles. The van der Waals surface area contributed by atoms with Gasteiger partial charge in [0.25, 0.3) is 0 Å². The van der Waals surface area contributed by atoms with Crippen LogP contribution in [0.5, 0.6) is 5.75 Å². The van der Waals surface area contributed by atoms with Crippen molar-refractivity contribution in [3.8, 4) is 5.75 Å². The molecule has 4 nitrogen and oxygen atoms in total. The summed E-state index contributed by atoms with van der Waals surface area (Å²) in [6, 6.07) is 2.70. The van der Waals surface area contributed by atoms with Crippen LogP contribution in [0, 0.1) is 0 Å². The number of aromatic hydroxyl groups is 1. The maximum atomic E-state index is 11.0. The summed E-state index contributed by atoms with van der Waals surface area (Å²) in [5.41, 5.74) is 0.626. The van der Waals surface area contributed by atoms with E-state index >= 15 is 0 Å². The minimum absolute atomic E-state index is 0.0627. The van der Waals surface area contributed by atoms with Crippen molar-refractivity contribution in [2.45, 2.75) is 11.8 Å². The number of phenols is 1. The molecular weight excluding hydrogens is 214 g/mol. The minimum Gasteiger partial charge on any atom is -0.506 e. The van der Waals surface area contributed by atoms with Gasteiger partial charge in [0.05, 0.1) is 4.90 Å². The molecule has 0 bridgehead atoms. The van der Waals surface area contributed by atoms with Crippen molar-refractivity contribution < 1.29 is 13.9 Å². The van der Waals surface area contributed by atoms with Crippen LogP contribution in [0.4, 0.5) is 5.69 Å². The highest BCUT2D eigenvalue weighted by molar-refractivity contribution is 7.79. The molecule has 0 spiro atoms. The molecule has 15 heavy (non-hydrogen) atoms. The van der Waals surface area contributed by atoms with Crippen molar-refractivity contribution >= 4 is 29.6 Å². The first kappa shape index (κ1) is 11.6. The Bertz CT molecular complexity index is 441. The van der Waals surface area contributed by atoms with Crippen LogP contribution >= 0.6 is 0 Å². The molecular formula is C10H11NO3S. The normalized spacial score (nSPS) is 12.9. The zero-order valence-electron chi connectivity index (χ0n) is 8.17. The Kier molecular flexibility index (Phi) is 3.76. The summed E-state index contributed by atoms with van der Waals surface area (Å²) in [6.45, 7) is 5.08. The van der Waals surface area contributed by atoms with E-state index in [1.807, 2.05) is 0 Å². The Labute approximate surface area is 90.3 Å². The maximum absolute atomic E-state index is 11.0. The lowest BCUT2D eigenvalue weighted by Crippen LogP contribution is -1.92. The molecule has 0 aliphatic carbocycles. The predicted molar refractivity (Wildman–Crippen MR) is 61.1 cm³/mol. The first-order chi connectivity index (χ1) is 7.11. The lowest BCUT2D eigenvalue weighted by atomic mass is 10.1. The third-order valence-corrected chi connectivity index (χ3v) is 2.57. The molecule has 0 aliphatic heterocycles. The van der Waals surface area contributed by atoms with E-state index in [1.54, 1.807) is 19.1 Å². The first-order valence-corrected chi connectivity index (χ1v) is 5.28. The van der Waals surface area contributed by atoms with Gasteiger partial charge in [-0.25, -0.2) is 4.21 Å². The SMILES string of the molecule is C=Nc1c(O)ccc(S(=O)O)c1C=CC. The molecule has 0 saturated carbocycles.